The summed E-state index contributed by atoms with van der Waals surface area (Å²) in [5.41, 5.74) is 11.8. The number of benzene rings is 11. The summed E-state index contributed by atoms with van der Waals surface area (Å²) in [7, 11) is -2.82. The van der Waals surface area contributed by atoms with Crippen LogP contribution in [0.25, 0.3) is 104 Å². The number of rotatable bonds is 7. The fourth-order valence-electron chi connectivity index (χ4n) is 12.3. The van der Waals surface area contributed by atoms with Gasteiger partial charge >= 0.3 is 0 Å². The zero-order valence-corrected chi connectivity index (χ0v) is 39.6. The van der Waals surface area contributed by atoms with Crippen molar-refractivity contribution < 1.29 is 4.42 Å². The standard InChI is InChI=1S/C66H43N3OSi/c1-4-21-45(22-5-1)71(46-23-6-2-7-24-46,47-25-8-3-9-26-47)48-39-40-61-55(43-48)52-30-13-15-33-57(52)67(61)44-41-56-53-31-14-19-38-64(53)70-66(56)63(42-44)69-60-36-18-12-29-51(60)54-32-20-37-62(65(54)69)68-58-34-16-10-27-49(58)50-28-11-17-35-59(50)68/h1-43H. The molecule has 15 rings (SSSR count). The molecule has 0 unspecified atom stereocenters. The van der Waals surface area contributed by atoms with E-state index in [1.807, 2.05) is 0 Å². The number of fused-ring (bicyclic) bond motifs is 12. The molecule has 0 aliphatic rings. The van der Waals surface area contributed by atoms with Gasteiger partial charge < -0.3 is 18.1 Å². The van der Waals surface area contributed by atoms with Gasteiger partial charge in [-0.1, -0.05) is 206 Å². The topological polar surface area (TPSA) is 27.9 Å². The van der Waals surface area contributed by atoms with Crippen molar-refractivity contribution in [3.05, 3.63) is 261 Å². The lowest BCUT2D eigenvalue weighted by Crippen LogP contribution is -2.74. The molecule has 15 aromatic rings. The Morgan fingerprint density at radius 2 is 0.718 bits per heavy atom. The van der Waals surface area contributed by atoms with E-state index in [2.05, 4.69) is 275 Å². The van der Waals surface area contributed by atoms with Gasteiger partial charge in [0, 0.05) is 48.8 Å². The fourth-order valence-corrected chi connectivity index (χ4v) is 17.0. The van der Waals surface area contributed by atoms with Crippen molar-refractivity contribution in [3.63, 3.8) is 0 Å². The SMILES string of the molecule is c1ccc([Si](c2ccccc2)(c2ccccc2)c2ccc3c(c2)c2ccccc2n3-c2cc(-n3c4ccccc4c4cccc(-n5c6ccccc6c6ccccc65)c43)c3oc4ccccc4c3c2)cc1. The van der Waals surface area contributed by atoms with Crippen molar-refractivity contribution in [3.8, 4) is 17.1 Å². The van der Waals surface area contributed by atoms with Crippen LogP contribution in [0.15, 0.2) is 265 Å². The third-order valence-corrected chi connectivity index (χ3v) is 19.9. The summed E-state index contributed by atoms with van der Waals surface area (Å²) in [5.74, 6) is 0. The number of aromatic nitrogens is 3. The number of nitrogens with zero attached hydrogens (tertiary/aromatic N) is 3. The largest absolute Gasteiger partial charge is 0.454 e. The molecule has 0 bridgehead atoms. The average Bonchev–Trinajstić information content (AvgIpc) is 4.18. The molecule has 71 heavy (non-hydrogen) atoms. The zero-order valence-electron chi connectivity index (χ0n) is 38.6. The molecule has 0 atom stereocenters. The summed E-state index contributed by atoms with van der Waals surface area (Å²) in [6.45, 7) is 0. The second kappa shape index (κ2) is 15.4. The smallest absolute Gasteiger partial charge is 0.179 e. The van der Waals surface area contributed by atoms with E-state index in [4.69, 9.17) is 4.42 Å². The minimum atomic E-state index is -2.82. The van der Waals surface area contributed by atoms with Crippen molar-refractivity contribution in [1.82, 2.24) is 13.7 Å². The highest BCUT2D eigenvalue weighted by atomic mass is 28.3. The Labute approximate surface area is 410 Å². The molecule has 0 spiro atoms. The van der Waals surface area contributed by atoms with E-state index in [-0.39, 0.29) is 0 Å². The Morgan fingerprint density at radius 1 is 0.268 bits per heavy atom. The maximum Gasteiger partial charge on any atom is 0.179 e. The zero-order chi connectivity index (χ0) is 46.6. The average molecular weight is 922 g/mol. The third kappa shape index (κ3) is 5.66. The number of furan rings is 1. The normalized spacial score (nSPS) is 12.2. The summed E-state index contributed by atoms with van der Waals surface area (Å²) in [5, 5.41) is 14.8. The molecule has 0 fully saturated rings. The van der Waals surface area contributed by atoms with Gasteiger partial charge in [-0.15, -0.1) is 0 Å². The van der Waals surface area contributed by atoms with Crippen molar-refractivity contribution in [2.45, 2.75) is 0 Å². The van der Waals surface area contributed by atoms with E-state index in [1.165, 1.54) is 64.1 Å². The molecule has 4 nitrogen and oxygen atoms in total. The molecule has 11 aromatic carbocycles. The first-order chi connectivity index (χ1) is 35.3. The molecule has 4 heterocycles. The molecule has 332 valence electrons. The second-order valence-corrected chi connectivity index (χ2v) is 22.6. The summed E-state index contributed by atoms with van der Waals surface area (Å²) in [6, 6.07) is 96.3. The third-order valence-electron chi connectivity index (χ3n) is 15.2. The number of para-hydroxylation sites is 6. The van der Waals surface area contributed by atoms with Crippen LogP contribution in [0.5, 0.6) is 0 Å². The van der Waals surface area contributed by atoms with Crippen LogP contribution in [0.1, 0.15) is 0 Å². The van der Waals surface area contributed by atoms with E-state index in [0.717, 1.165) is 61.1 Å². The molecular weight excluding hydrogens is 879 g/mol. The molecule has 0 N–H and O–H groups in total. The van der Waals surface area contributed by atoms with Gasteiger partial charge in [0.15, 0.2) is 13.7 Å². The Balaban J connectivity index is 1.05. The van der Waals surface area contributed by atoms with E-state index in [1.54, 1.807) is 0 Å². The van der Waals surface area contributed by atoms with Gasteiger partial charge in [0.25, 0.3) is 0 Å². The highest BCUT2D eigenvalue weighted by Gasteiger charge is 2.41. The van der Waals surface area contributed by atoms with Crippen molar-refractivity contribution in [2.75, 3.05) is 0 Å². The quantitative estimate of drug-likeness (QED) is 0.116. The monoisotopic (exact) mass is 921 g/mol. The highest BCUT2D eigenvalue weighted by molar-refractivity contribution is 7.20. The van der Waals surface area contributed by atoms with Crippen LogP contribution >= 0.6 is 0 Å². The van der Waals surface area contributed by atoms with Crippen molar-refractivity contribution in [1.29, 1.82) is 0 Å². The minimum absolute atomic E-state index is 0.849. The van der Waals surface area contributed by atoms with E-state index in [0.29, 0.717) is 0 Å². The lowest BCUT2D eigenvalue weighted by molar-refractivity contribution is 0.666. The van der Waals surface area contributed by atoms with Gasteiger partial charge in [-0.2, -0.15) is 0 Å². The van der Waals surface area contributed by atoms with E-state index >= 15 is 0 Å². The van der Waals surface area contributed by atoms with Crippen LogP contribution in [0.3, 0.4) is 0 Å². The summed E-state index contributed by atoms with van der Waals surface area (Å²) in [4.78, 5) is 0. The summed E-state index contributed by atoms with van der Waals surface area (Å²) >= 11 is 0. The molecule has 0 aliphatic heterocycles. The van der Waals surface area contributed by atoms with Gasteiger partial charge in [0.05, 0.1) is 44.5 Å². The van der Waals surface area contributed by atoms with Gasteiger partial charge in [-0.05, 0) is 75.3 Å². The molecule has 0 aliphatic carbocycles. The molecule has 5 heteroatoms. The van der Waals surface area contributed by atoms with Crippen LogP contribution in [0, 0.1) is 0 Å². The predicted molar refractivity (Wildman–Crippen MR) is 300 cm³/mol. The van der Waals surface area contributed by atoms with Crippen LogP contribution < -0.4 is 20.7 Å². The van der Waals surface area contributed by atoms with Crippen LogP contribution in [0.2, 0.25) is 0 Å². The maximum atomic E-state index is 7.07. The minimum Gasteiger partial charge on any atom is -0.454 e. The fraction of sp³-hybridized carbons (Fsp3) is 0. The van der Waals surface area contributed by atoms with Crippen LogP contribution in [-0.2, 0) is 0 Å². The Morgan fingerprint density at radius 3 is 1.31 bits per heavy atom. The molecule has 4 aromatic heterocycles. The summed E-state index contributed by atoms with van der Waals surface area (Å²) < 4.78 is 14.5. The second-order valence-electron chi connectivity index (χ2n) is 18.8. The first-order valence-electron chi connectivity index (χ1n) is 24.4. The Bertz CT molecular complexity index is 4430. The molecule has 0 radical (unpaired) electrons. The first kappa shape index (κ1) is 39.8. The highest BCUT2D eigenvalue weighted by Crippen LogP contribution is 2.44. The van der Waals surface area contributed by atoms with Crippen LogP contribution in [-0.4, -0.2) is 21.8 Å². The molecule has 0 saturated carbocycles. The van der Waals surface area contributed by atoms with E-state index < -0.39 is 8.07 Å². The number of hydrogen-bond donors (Lipinski definition) is 0. The first-order valence-corrected chi connectivity index (χ1v) is 26.4. The van der Waals surface area contributed by atoms with Gasteiger partial charge in [-0.3, -0.25) is 0 Å². The Hall–Kier alpha value is -9.16. The predicted octanol–water partition coefficient (Wildman–Crippen LogP) is 14.3. The Kier molecular flexibility index (Phi) is 8.64. The maximum absolute atomic E-state index is 7.07. The molecule has 0 saturated heterocycles. The van der Waals surface area contributed by atoms with Crippen LogP contribution in [0.4, 0.5) is 0 Å². The summed E-state index contributed by atoms with van der Waals surface area (Å²) in [6.07, 6.45) is 0. The molecular formula is C66H43N3OSi. The lowest BCUT2D eigenvalue weighted by atomic mass is 10.1. The molecule has 0 amide bonds. The van der Waals surface area contributed by atoms with E-state index in [9.17, 15) is 0 Å². The van der Waals surface area contributed by atoms with Gasteiger partial charge in [0.1, 0.15) is 5.58 Å². The van der Waals surface area contributed by atoms with Crippen molar-refractivity contribution >= 4 is 116 Å². The lowest BCUT2D eigenvalue weighted by Gasteiger charge is -2.34. The van der Waals surface area contributed by atoms with Crippen molar-refractivity contribution in [2.24, 2.45) is 0 Å². The van der Waals surface area contributed by atoms with Gasteiger partial charge in [0.2, 0.25) is 0 Å². The van der Waals surface area contributed by atoms with Gasteiger partial charge in [-0.25, -0.2) is 0 Å². The number of hydrogen-bond acceptors (Lipinski definition) is 1.